The number of thioether (sulfide) groups is 1. The van der Waals surface area contributed by atoms with Crippen molar-refractivity contribution in [1.29, 1.82) is 0 Å². The summed E-state index contributed by atoms with van der Waals surface area (Å²) in [6, 6.07) is 17.9. The van der Waals surface area contributed by atoms with Crippen LogP contribution in [-0.2, 0) is 5.75 Å². The molecule has 7 heteroatoms. The fourth-order valence-corrected chi connectivity index (χ4v) is 3.26. The van der Waals surface area contributed by atoms with E-state index in [9.17, 15) is 4.39 Å². The van der Waals surface area contributed by atoms with Crippen LogP contribution in [0, 0.1) is 12.7 Å². The summed E-state index contributed by atoms with van der Waals surface area (Å²) in [4.78, 5) is 13.4. The molecule has 0 aliphatic carbocycles. The maximum absolute atomic E-state index is 13.0. The van der Waals surface area contributed by atoms with Gasteiger partial charge in [0.2, 0.25) is 11.7 Å². The van der Waals surface area contributed by atoms with Gasteiger partial charge in [-0.1, -0.05) is 47.3 Å². The summed E-state index contributed by atoms with van der Waals surface area (Å²) in [6.45, 7) is 1.94. The number of halogens is 1. The summed E-state index contributed by atoms with van der Waals surface area (Å²) in [7, 11) is 0. The Labute approximate surface area is 159 Å². The van der Waals surface area contributed by atoms with Gasteiger partial charge in [-0.15, -0.1) is 0 Å². The summed E-state index contributed by atoms with van der Waals surface area (Å²) < 4.78 is 18.3. The van der Waals surface area contributed by atoms with Crippen molar-refractivity contribution in [3.63, 3.8) is 0 Å². The molecule has 0 amide bonds. The van der Waals surface area contributed by atoms with Crippen molar-refractivity contribution in [3.8, 4) is 22.6 Å². The molecular weight excluding hydrogens is 363 g/mol. The van der Waals surface area contributed by atoms with Gasteiger partial charge in [0.05, 0.1) is 11.4 Å². The zero-order valence-corrected chi connectivity index (χ0v) is 15.3. The van der Waals surface area contributed by atoms with Crippen LogP contribution in [0.25, 0.3) is 22.6 Å². The predicted molar refractivity (Wildman–Crippen MR) is 101 cm³/mol. The molecule has 4 aromatic rings. The van der Waals surface area contributed by atoms with Crippen LogP contribution in [0.15, 0.2) is 70.3 Å². The second kappa shape index (κ2) is 7.67. The highest BCUT2D eigenvalue weighted by Crippen LogP contribution is 2.24. The minimum Gasteiger partial charge on any atom is -0.338 e. The fourth-order valence-electron chi connectivity index (χ4n) is 2.52. The quantitative estimate of drug-likeness (QED) is 0.362. The van der Waals surface area contributed by atoms with Crippen LogP contribution in [0.3, 0.4) is 0 Å². The lowest BCUT2D eigenvalue weighted by Gasteiger charge is -2.05. The van der Waals surface area contributed by atoms with E-state index < -0.39 is 0 Å². The van der Waals surface area contributed by atoms with Crippen LogP contribution in [0.2, 0.25) is 0 Å². The number of benzene rings is 2. The maximum atomic E-state index is 13.0. The number of nitrogens with zero attached hydrogens (tertiary/aromatic N) is 4. The van der Waals surface area contributed by atoms with E-state index in [1.54, 1.807) is 12.1 Å². The van der Waals surface area contributed by atoms with Crippen molar-refractivity contribution in [2.45, 2.75) is 17.8 Å². The van der Waals surface area contributed by atoms with E-state index in [4.69, 9.17) is 4.52 Å². The molecule has 2 aromatic carbocycles. The number of hydrogen-bond acceptors (Lipinski definition) is 6. The number of hydrogen-bond donors (Lipinski definition) is 0. The Morgan fingerprint density at radius 1 is 0.926 bits per heavy atom. The van der Waals surface area contributed by atoms with E-state index in [2.05, 4.69) is 20.1 Å². The molecule has 0 radical (unpaired) electrons. The Bertz CT molecular complexity index is 1050. The first-order valence-corrected chi connectivity index (χ1v) is 9.28. The van der Waals surface area contributed by atoms with E-state index in [0.717, 1.165) is 17.0 Å². The molecule has 0 saturated heterocycles. The van der Waals surface area contributed by atoms with Gasteiger partial charge in [0.15, 0.2) is 5.16 Å². The van der Waals surface area contributed by atoms with Gasteiger partial charge in [0.25, 0.3) is 0 Å². The Kier molecular flexibility index (Phi) is 4.93. The summed E-state index contributed by atoms with van der Waals surface area (Å²) >= 11 is 1.43. The summed E-state index contributed by atoms with van der Waals surface area (Å²) in [5.74, 6) is 1.04. The highest BCUT2D eigenvalue weighted by atomic mass is 32.2. The van der Waals surface area contributed by atoms with Gasteiger partial charge in [0, 0.05) is 16.8 Å². The van der Waals surface area contributed by atoms with Crippen molar-refractivity contribution in [1.82, 2.24) is 20.1 Å². The summed E-state index contributed by atoms with van der Waals surface area (Å²) in [6.07, 6.45) is 0. The Morgan fingerprint density at radius 2 is 1.70 bits per heavy atom. The molecule has 0 fully saturated rings. The molecule has 0 saturated carbocycles. The molecule has 134 valence electrons. The van der Waals surface area contributed by atoms with Crippen molar-refractivity contribution in [2.75, 3.05) is 0 Å². The molecule has 0 unspecified atom stereocenters. The van der Waals surface area contributed by atoms with Gasteiger partial charge in [-0.25, -0.2) is 14.4 Å². The second-order valence-corrected chi connectivity index (χ2v) is 6.79. The van der Waals surface area contributed by atoms with Crippen molar-refractivity contribution >= 4 is 11.8 Å². The third-order valence-electron chi connectivity index (χ3n) is 3.80. The van der Waals surface area contributed by atoms with Crippen LogP contribution < -0.4 is 0 Å². The Hall–Kier alpha value is -3.06. The highest BCUT2D eigenvalue weighted by Gasteiger charge is 2.11. The highest BCUT2D eigenvalue weighted by molar-refractivity contribution is 7.98. The van der Waals surface area contributed by atoms with E-state index in [1.807, 2.05) is 43.3 Å². The molecule has 0 aliphatic heterocycles. The minimum absolute atomic E-state index is 0.302. The van der Waals surface area contributed by atoms with Gasteiger partial charge >= 0.3 is 0 Å². The van der Waals surface area contributed by atoms with E-state index >= 15 is 0 Å². The molecule has 0 spiro atoms. The zero-order chi connectivity index (χ0) is 18.6. The third-order valence-corrected chi connectivity index (χ3v) is 4.63. The van der Waals surface area contributed by atoms with Crippen LogP contribution in [-0.4, -0.2) is 20.1 Å². The first kappa shape index (κ1) is 17.4. The van der Waals surface area contributed by atoms with Gasteiger partial charge in [0.1, 0.15) is 5.82 Å². The van der Waals surface area contributed by atoms with Gasteiger partial charge in [-0.05, 0) is 37.3 Å². The first-order valence-electron chi connectivity index (χ1n) is 8.30. The van der Waals surface area contributed by atoms with E-state index in [-0.39, 0.29) is 5.82 Å². The van der Waals surface area contributed by atoms with Crippen LogP contribution in [0.4, 0.5) is 4.39 Å². The molecule has 4 rings (SSSR count). The molecular formula is C20H15FN4OS. The van der Waals surface area contributed by atoms with Crippen LogP contribution in [0.5, 0.6) is 0 Å². The number of rotatable bonds is 5. The number of aromatic nitrogens is 4. The smallest absolute Gasteiger partial charge is 0.237 e. The van der Waals surface area contributed by atoms with E-state index in [0.29, 0.717) is 28.2 Å². The SMILES string of the molecule is Cc1cc(-c2ccccc2)nc(SCc2nc(-c3ccc(F)cc3)no2)n1. The van der Waals surface area contributed by atoms with Gasteiger partial charge < -0.3 is 4.52 Å². The molecule has 2 aromatic heterocycles. The zero-order valence-electron chi connectivity index (χ0n) is 14.5. The summed E-state index contributed by atoms with van der Waals surface area (Å²) in [5, 5.41) is 4.60. The summed E-state index contributed by atoms with van der Waals surface area (Å²) in [5.41, 5.74) is 3.52. The Balaban J connectivity index is 1.49. The topological polar surface area (TPSA) is 64.7 Å². The molecule has 5 nitrogen and oxygen atoms in total. The monoisotopic (exact) mass is 378 g/mol. The predicted octanol–water partition coefficient (Wildman–Crippen LogP) is 4.93. The average molecular weight is 378 g/mol. The standard InChI is InChI=1S/C20H15FN4OS/c1-13-11-17(14-5-3-2-4-6-14)23-20(22-13)27-12-18-24-19(25-26-18)15-7-9-16(21)10-8-15/h2-11H,12H2,1H3. The van der Waals surface area contributed by atoms with Gasteiger partial charge in [-0.2, -0.15) is 4.98 Å². The van der Waals surface area contributed by atoms with Gasteiger partial charge in [-0.3, -0.25) is 0 Å². The molecule has 2 heterocycles. The lowest BCUT2D eigenvalue weighted by Crippen LogP contribution is -1.94. The van der Waals surface area contributed by atoms with Crippen molar-refractivity contribution in [2.24, 2.45) is 0 Å². The number of aryl methyl sites for hydroxylation is 1. The average Bonchev–Trinajstić information content (AvgIpc) is 3.16. The maximum Gasteiger partial charge on any atom is 0.237 e. The fraction of sp³-hybridized carbons (Fsp3) is 0.100. The van der Waals surface area contributed by atoms with Crippen LogP contribution >= 0.6 is 11.8 Å². The first-order chi connectivity index (χ1) is 13.2. The lowest BCUT2D eigenvalue weighted by molar-refractivity contribution is 0.391. The third kappa shape index (κ3) is 4.20. The molecule has 0 atom stereocenters. The lowest BCUT2D eigenvalue weighted by atomic mass is 10.1. The molecule has 0 bridgehead atoms. The molecule has 27 heavy (non-hydrogen) atoms. The largest absolute Gasteiger partial charge is 0.338 e. The second-order valence-electron chi connectivity index (χ2n) is 5.85. The van der Waals surface area contributed by atoms with Crippen molar-refractivity contribution in [3.05, 3.63) is 78.1 Å². The molecule has 0 aliphatic rings. The van der Waals surface area contributed by atoms with Crippen LogP contribution in [0.1, 0.15) is 11.6 Å². The normalized spacial score (nSPS) is 10.9. The minimum atomic E-state index is -0.302. The van der Waals surface area contributed by atoms with E-state index in [1.165, 1.54) is 23.9 Å². The Morgan fingerprint density at radius 3 is 2.48 bits per heavy atom. The van der Waals surface area contributed by atoms with Crippen molar-refractivity contribution < 1.29 is 8.91 Å². The molecule has 0 N–H and O–H groups in total.